The summed E-state index contributed by atoms with van der Waals surface area (Å²) in [5, 5.41) is 0. The number of rotatable bonds is 7. The first-order chi connectivity index (χ1) is 11.9. The van der Waals surface area contributed by atoms with Gasteiger partial charge < -0.3 is 14.4 Å². The Balaban J connectivity index is 2.15. The lowest BCUT2D eigenvalue weighted by Gasteiger charge is -2.28. The van der Waals surface area contributed by atoms with E-state index in [1.807, 2.05) is 12.1 Å². The molecular formula is C17H23NO6S. The van der Waals surface area contributed by atoms with Crippen LogP contribution >= 0.6 is 0 Å². The maximum atomic E-state index is 12.8. The van der Waals surface area contributed by atoms with Crippen molar-refractivity contribution in [3.63, 3.8) is 0 Å². The SMILES string of the molecule is COC(=O)CCN(C(=O)Cc1ccccc1OC)[C@H]1CCS(=O)(=O)C1. The van der Waals surface area contributed by atoms with E-state index in [2.05, 4.69) is 4.74 Å². The van der Waals surface area contributed by atoms with Crippen molar-refractivity contribution in [1.29, 1.82) is 0 Å². The number of methoxy groups -OCH3 is 2. The lowest BCUT2D eigenvalue weighted by atomic mass is 10.1. The highest BCUT2D eigenvalue weighted by atomic mass is 32.2. The number of para-hydroxylation sites is 1. The van der Waals surface area contributed by atoms with Crippen LogP contribution in [-0.4, -0.2) is 63.5 Å². The molecule has 2 rings (SSSR count). The molecule has 1 aromatic carbocycles. The van der Waals surface area contributed by atoms with Crippen molar-refractivity contribution in [2.45, 2.75) is 25.3 Å². The summed E-state index contributed by atoms with van der Waals surface area (Å²) < 4.78 is 33.4. The standard InChI is InChI=1S/C17H23NO6S/c1-23-15-6-4-3-5-13(15)11-16(19)18(9-7-17(20)24-2)14-8-10-25(21,22)12-14/h3-6,14H,7-12H2,1-2H3/t14-/m0/s1. The first-order valence-corrected chi connectivity index (χ1v) is 9.87. The first kappa shape index (κ1) is 19.2. The number of carbonyl (C=O) groups is 2. The number of ether oxygens (including phenoxy) is 2. The van der Waals surface area contributed by atoms with Crippen molar-refractivity contribution in [1.82, 2.24) is 4.90 Å². The Morgan fingerprint density at radius 2 is 1.96 bits per heavy atom. The molecule has 0 spiro atoms. The van der Waals surface area contributed by atoms with Gasteiger partial charge in [0.1, 0.15) is 5.75 Å². The normalized spacial score (nSPS) is 18.6. The van der Waals surface area contributed by atoms with Crippen molar-refractivity contribution in [2.75, 3.05) is 32.3 Å². The van der Waals surface area contributed by atoms with Crippen LogP contribution in [0.1, 0.15) is 18.4 Å². The molecule has 25 heavy (non-hydrogen) atoms. The highest BCUT2D eigenvalue weighted by molar-refractivity contribution is 7.91. The zero-order valence-electron chi connectivity index (χ0n) is 14.4. The average Bonchev–Trinajstić information content (AvgIpc) is 2.95. The molecule has 7 nitrogen and oxygen atoms in total. The van der Waals surface area contributed by atoms with Crippen LogP contribution < -0.4 is 4.74 Å². The van der Waals surface area contributed by atoms with Gasteiger partial charge in [0.15, 0.2) is 9.84 Å². The van der Waals surface area contributed by atoms with Gasteiger partial charge >= 0.3 is 5.97 Å². The fourth-order valence-electron chi connectivity index (χ4n) is 2.96. The summed E-state index contributed by atoms with van der Waals surface area (Å²) in [6, 6.07) is 6.77. The number of nitrogens with zero attached hydrogens (tertiary/aromatic N) is 1. The second-order valence-corrected chi connectivity index (χ2v) is 8.19. The predicted octanol–water partition coefficient (Wildman–Crippen LogP) is 0.816. The molecule has 1 atom stereocenters. The number of hydrogen-bond donors (Lipinski definition) is 0. The fraction of sp³-hybridized carbons (Fsp3) is 0.529. The monoisotopic (exact) mass is 369 g/mol. The molecule has 8 heteroatoms. The highest BCUT2D eigenvalue weighted by Gasteiger charge is 2.34. The summed E-state index contributed by atoms with van der Waals surface area (Å²) in [7, 11) is -0.328. The van der Waals surface area contributed by atoms with Crippen molar-refractivity contribution < 1.29 is 27.5 Å². The summed E-state index contributed by atoms with van der Waals surface area (Å²) in [6.07, 6.45) is 0.508. The van der Waals surface area contributed by atoms with Crippen molar-refractivity contribution in [3.8, 4) is 5.75 Å². The molecule has 1 heterocycles. The molecule has 0 aliphatic carbocycles. The van der Waals surface area contributed by atoms with Gasteiger partial charge in [-0.05, 0) is 12.5 Å². The molecule has 0 aromatic heterocycles. The Morgan fingerprint density at radius 1 is 1.24 bits per heavy atom. The van der Waals surface area contributed by atoms with E-state index in [-0.39, 0.29) is 36.8 Å². The summed E-state index contributed by atoms with van der Waals surface area (Å²) in [6.45, 7) is 0.140. The van der Waals surface area contributed by atoms with Crippen molar-refractivity contribution in [2.24, 2.45) is 0 Å². The van der Waals surface area contributed by atoms with E-state index >= 15 is 0 Å². The summed E-state index contributed by atoms with van der Waals surface area (Å²) >= 11 is 0. The van der Waals surface area contributed by atoms with E-state index in [4.69, 9.17) is 4.74 Å². The summed E-state index contributed by atoms with van der Waals surface area (Å²) in [4.78, 5) is 25.7. The molecule has 0 unspecified atom stereocenters. The Bertz CT molecular complexity index is 730. The number of esters is 1. The fourth-order valence-corrected chi connectivity index (χ4v) is 4.69. The first-order valence-electron chi connectivity index (χ1n) is 8.05. The second-order valence-electron chi connectivity index (χ2n) is 5.96. The molecule has 1 aliphatic rings. The number of benzene rings is 1. The minimum atomic E-state index is -3.14. The molecule has 1 aromatic rings. The molecule has 0 saturated carbocycles. The molecule has 1 amide bonds. The lowest BCUT2D eigenvalue weighted by molar-refractivity contribution is -0.142. The van der Waals surface area contributed by atoms with E-state index < -0.39 is 21.8 Å². The minimum Gasteiger partial charge on any atom is -0.496 e. The van der Waals surface area contributed by atoms with Gasteiger partial charge in [-0.2, -0.15) is 0 Å². The van der Waals surface area contributed by atoms with Gasteiger partial charge in [-0.1, -0.05) is 18.2 Å². The molecule has 1 fully saturated rings. The Morgan fingerprint density at radius 3 is 2.56 bits per heavy atom. The summed E-state index contributed by atoms with van der Waals surface area (Å²) in [5.74, 6) is -0.0607. The topological polar surface area (TPSA) is 90.0 Å². The third-order valence-corrected chi connectivity index (χ3v) is 6.04. The van der Waals surface area contributed by atoms with E-state index in [1.54, 1.807) is 12.1 Å². The number of hydrogen-bond acceptors (Lipinski definition) is 6. The summed E-state index contributed by atoms with van der Waals surface area (Å²) in [5.41, 5.74) is 0.721. The van der Waals surface area contributed by atoms with Crippen LogP contribution in [0.3, 0.4) is 0 Å². The van der Waals surface area contributed by atoms with E-state index in [0.717, 1.165) is 5.56 Å². The van der Waals surface area contributed by atoms with Crippen molar-refractivity contribution in [3.05, 3.63) is 29.8 Å². The van der Waals surface area contributed by atoms with Crippen LogP contribution in [0.4, 0.5) is 0 Å². The van der Waals surface area contributed by atoms with Gasteiger partial charge in [0.05, 0.1) is 38.6 Å². The number of carbonyl (C=O) groups excluding carboxylic acids is 2. The van der Waals surface area contributed by atoms with E-state index in [9.17, 15) is 18.0 Å². The smallest absolute Gasteiger partial charge is 0.307 e. The zero-order valence-corrected chi connectivity index (χ0v) is 15.3. The van der Waals surface area contributed by atoms with Crippen molar-refractivity contribution >= 4 is 21.7 Å². The molecule has 0 bridgehead atoms. The van der Waals surface area contributed by atoms with Gasteiger partial charge in [0.25, 0.3) is 0 Å². The van der Waals surface area contributed by atoms with E-state index in [0.29, 0.717) is 12.2 Å². The molecule has 1 saturated heterocycles. The molecule has 138 valence electrons. The van der Waals surface area contributed by atoms with Gasteiger partial charge in [-0.25, -0.2) is 8.42 Å². The maximum absolute atomic E-state index is 12.8. The van der Waals surface area contributed by atoms with Crippen LogP contribution in [0.5, 0.6) is 5.75 Å². The largest absolute Gasteiger partial charge is 0.496 e. The van der Waals surface area contributed by atoms with Crippen LogP contribution in [0.2, 0.25) is 0 Å². The van der Waals surface area contributed by atoms with Crippen LogP contribution in [0.25, 0.3) is 0 Å². The highest BCUT2D eigenvalue weighted by Crippen LogP contribution is 2.22. The minimum absolute atomic E-state index is 0.0325. The second kappa shape index (κ2) is 8.33. The van der Waals surface area contributed by atoms with E-state index in [1.165, 1.54) is 19.1 Å². The molecule has 0 N–H and O–H groups in total. The van der Waals surface area contributed by atoms with Gasteiger partial charge in [0, 0.05) is 18.2 Å². The maximum Gasteiger partial charge on any atom is 0.307 e. The van der Waals surface area contributed by atoms with Crippen LogP contribution in [0, 0.1) is 0 Å². The van der Waals surface area contributed by atoms with Gasteiger partial charge in [0.2, 0.25) is 5.91 Å². The Kier molecular flexibility index (Phi) is 6.41. The molecule has 0 radical (unpaired) electrons. The van der Waals surface area contributed by atoms with Crippen LogP contribution in [0.15, 0.2) is 24.3 Å². The molecular weight excluding hydrogens is 346 g/mol. The molecule has 1 aliphatic heterocycles. The lowest BCUT2D eigenvalue weighted by Crippen LogP contribution is -2.43. The van der Waals surface area contributed by atoms with Gasteiger partial charge in [-0.3, -0.25) is 9.59 Å². The Labute approximate surface area is 147 Å². The average molecular weight is 369 g/mol. The predicted molar refractivity (Wildman–Crippen MR) is 92.1 cm³/mol. The Hall–Kier alpha value is -2.09. The van der Waals surface area contributed by atoms with Crippen LogP contribution in [-0.2, 0) is 30.6 Å². The number of sulfone groups is 1. The van der Waals surface area contributed by atoms with Gasteiger partial charge in [-0.15, -0.1) is 0 Å². The number of amides is 1. The quantitative estimate of drug-likeness (QED) is 0.661. The third-order valence-electron chi connectivity index (χ3n) is 4.29. The zero-order chi connectivity index (χ0) is 18.4. The third kappa shape index (κ3) is 5.19.